The Balaban J connectivity index is 3.99. The van der Waals surface area contributed by atoms with Crippen LogP contribution in [0.2, 0.25) is 0 Å². The molecule has 0 aromatic heterocycles. The smallest absolute Gasteiger partial charge is 0.145 e. The number of nitrogens with two attached hydrogens (primary N) is 1. The molecule has 0 aliphatic heterocycles. The Kier molecular flexibility index (Phi) is 8.06. The third-order valence-corrected chi connectivity index (χ3v) is 3.91. The number of carbonyl (C=O) groups is 1. The first-order valence-electron chi connectivity index (χ1n) is 5.96. The standard InChI is InChI=1S/C12H26N2OS/c1-6-14(5)11(10(4)13)7-16-8-12(15)9(2)3/h9-11H,6-8,13H2,1-5H3. The van der Waals surface area contributed by atoms with Gasteiger partial charge in [0.25, 0.3) is 0 Å². The Hall–Kier alpha value is -0.0600. The van der Waals surface area contributed by atoms with E-state index in [2.05, 4.69) is 18.9 Å². The minimum atomic E-state index is 0.144. The fraction of sp³-hybridized carbons (Fsp3) is 0.917. The second kappa shape index (κ2) is 8.09. The SMILES string of the molecule is CCN(C)C(CSCC(=O)C(C)C)C(C)N. The number of likely N-dealkylation sites (N-methyl/N-ethyl adjacent to an activating group) is 1. The summed E-state index contributed by atoms with van der Waals surface area (Å²) in [6.45, 7) is 9.04. The molecule has 2 atom stereocenters. The molecule has 0 spiro atoms. The monoisotopic (exact) mass is 246 g/mol. The molecule has 0 heterocycles. The second-order valence-corrected chi connectivity index (χ2v) is 5.67. The van der Waals surface area contributed by atoms with Crippen molar-refractivity contribution in [3.8, 4) is 0 Å². The predicted octanol–water partition coefficient (Wildman–Crippen LogP) is 1.61. The number of hydrogen-bond acceptors (Lipinski definition) is 4. The first-order chi connectivity index (χ1) is 7.40. The maximum absolute atomic E-state index is 11.5. The van der Waals surface area contributed by atoms with Gasteiger partial charge in [-0.05, 0) is 20.5 Å². The first kappa shape index (κ1) is 15.9. The molecule has 0 aromatic carbocycles. The molecule has 0 fully saturated rings. The summed E-state index contributed by atoms with van der Waals surface area (Å²) >= 11 is 1.70. The zero-order chi connectivity index (χ0) is 12.7. The van der Waals surface area contributed by atoms with Crippen molar-refractivity contribution in [2.24, 2.45) is 11.7 Å². The van der Waals surface area contributed by atoms with Crippen molar-refractivity contribution >= 4 is 17.5 Å². The number of ketones is 1. The van der Waals surface area contributed by atoms with Gasteiger partial charge in [-0.25, -0.2) is 0 Å². The predicted molar refractivity (Wildman–Crippen MR) is 72.9 cm³/mol. The van der Waals surface area contributed by atoms with Crippen molar-refractivity contribution < 1.29 is 4.79 Å². The summed E-state index contributed by atoms with van der Waals surface area (Å²) < 4.78 is 0. The molecular weight excluding hydrogens is 220 g/mol. The molecule has 0 bridgehead atoms. The molecule has 3 nitrogen and oxygen atoms in total. The van der Waals surface area contributed by atoms with Crippen molar-refractivity contribution in [3.63, 3.8) is 0 Å². The molecule has 0 saturated heterocycles. The topological polar surface area (TPSA) is 46.3 Å². The third-order valence-electron chi connectivity index (χ3n) is 2.85. The molecule has 0 amide bonds. The molecule has 0 rings (SSSR count). The van der Waals surface area contributed by atoms with Crippen LogP contribution in [0.5, 0.6) is 0 Å². The van der Waals surface area contributed by atoms with E-state index in [-0.39, 0.29) is 12.0 Å². The summed E-state index contributed by atoms with van der Waals surface area (Å²) in [5.41, 5.74) is 5.95. The molecule has 2 unspecified atom stereocenters. The number of hydrogen-bond donors (Lipinski definition) is 1. The number of Topliss-reactive ketones (excluding diaryl/α,β-unsaturated/α-hetero) is 1. The van der Waals surface area contributed by atoms with E-state index in [0.29, 0.717) is 17.6 Å². The van der Waals surface area contributed by atoms with Gasteiger partial charge in [-0.15, -0.1) is 0 Å². The van der Waals surface area contributed by atoms with Gasteiger partial charge >= 0.3 is 0 Å². The van der Waals surface area contributed by atoms with Crippen LogP contribution in [0.3, 0.4) is 0 Å². The van der Waals surface area contributed by atoms with Gasteiger partial charge in [0, 0.05) is 23.8 Å². The number of thioether (sulfide) groups is 1. The molecule has 0 saturated carbocycles. The number of carbonyl (C=O) groups excluding carboxylic acids is 1. The molecule has 0 aliphatic carbocycles. The van der Waals surface area contributed by atoms with E-state index in [1.54, 1.807) is 11.8 Å². The summed E-state index contributed by atoms with van der Waals surface area (Å²) in [6, 6.07) is 0.501. The average molecular weight is 246 g/mol. The van der Waals surface area contributed by atoms with Crippen LogP contribution in [0.1, 0.15) is 27.7 Å². The van der Waals surface area contributed by atoms with E-state index in [9.17, 15) is 4.79 Å². The highest BCUT2D eigenvalue weighted by Gasteiger charge is 2.18. The Labute approximate surface area is 104 Å². The normalized spacial score (nSPS) is 15.5. The van der Waals surface area contributed by atoms with Crippen LogP contribution < -0.4 is 5.73 Å². The van der Waals surface area contributed by atoms with Gasteiger partial charge in [0.2, 0.25) is 0 Å². The molecule has 0 aromatic rings. The summed E-state index contributed by atoms with van der Waals surface area (Å²) in [5.74, 6) is 2.01. The fourth-order valence-electron chi connectivity index (χ4n) is 1.36. The van der Waals surface area contributed by atoms with Gasteiger partial charge in [0.05, 0.1) is 5.75 Å². The lowest BCUT2D eigenvalue weighted by molar-refractivity contribution is -0.119. The minimum Gasteiger partial charge on any atom is -0.327 e. The van der Waals surface area contributed by atoms with Crippen LogP contribution in [-0.2, 0) is 4.79 Å². The van der Waals surface area contributed by atoms with Crippen molar-refractivity contribution in [1.29, 1.82) is 0 Å². The van der Waals surface area contributed by atoms with Crippen molar-refractivity contribution in [1.82, 2.24) is 4.90 Å². The van der Waals surface area contributed by atoms with Crippen LogP contribution in [0.15, 0.2) is 0 Å². The van der Waals surface area contributed by atoms with Gasteiger partial charge in [0.15, 0.2) is 0 Å². The first-order valence-corrected chi connectivity index (χ1v) is 7.11. The molecule has 0 radical (unpaired) electrons. The Morgan fingerprint density at radius 2 is 1.94 bits per heavy atom. The van der Waals surface area contributed by atoms with Crippen LogP contribution >= 0.6 is 11.8 Å². The highest BCUT2D eigenvalue weighted by atomic mass is 32.2. The molecule has 0 aliphatic rings. The van der Waals surface area contributed by atoms with E-state index >= 15 is 0 Å². The lowest BCUT2D eigenvalue weighted by Crippen LogP contribution is -2.46. The van der Waals surface area contributed by atoms with Crippen molar-refractivity contribution in [2.75, 3.05) is 25.1 Å². The molecule has 2 N–H and O–H groups in total. The van der Waals surface area contributed by atoms with Crippen LogP contribution in [0.4, 0.5) is 0 Å². The summed E-state index contributed by atoms with van der Waals surface area (Å²) in [7, 11) is 2.08. The largest absolute Gasteiger partial charge is 0.327 e. The van der Waals surface area contributed by atoms with Crippen LogP contribution in [0.25, 0.3) is 0 Å². The number of rotatable bonds is 8. The van der Waals surface area contributed by atoms with Gasteiger partial charge in [0.1, 0.15) is 5.78 Å². The van der Waals surface area contributed by atoms with Gasteiger partial charge in [-0.3, -0.25) is 4.79 Å². The average Bonchev–Trinajstić information content (AvgIpc) is 2.22. The maximum Gasteiger partial charge on any atom is 0.145 e. The third kappa shape index (κ3) is 5.87. The summed E-state index contributed by atoms with van der Waals surface area (Å²) in [5, 5.41) is 0. The van der Waals surface area contributed by atoms with Crippen molar-refractivity contribution in [3.05, 3.63) is 0 Å². The zero-order valence-electron chi connectivity index (χ0n) is 11.2. The van der Waals surface area contributed by atoms with E-state index in [0.717, 1.165) is 12.3 Å². The van der Waals surface area contributed by atoms with E-state index in [4.69, 9.17) is 5.73 Å². The quantitative estimate of drug-likeness (QED) is 0.707. The Bertz CT molecular complexity index is 207. The van der Waals surface area contributed by atoms with Gasteiger partial charge in [-0.2, -0.15) is 11.8 Å². The molecule has 4 heteroatoms. The summed E-state index contributed by atoms with van der Waals surface area (Å²) in [4.78, 5) is 13.7. The fourth-order valence-corrected chi connectivity index (χ4v) is 2.81. The Morgan fingerprint density at radius 3 is 2.31 bits per heavy atom. The van der Waals surface area contributed by atoms with Crippen LogP contribution in [0, 0.1) is 5.92 Å². The van der Waals surface area contributed by atoms with Crippen molar-refractivity contribution in [2.45, 2.75) is 39.8 Å². The maximum atomic E-state index is 11.5. The van der Waals surface area contributed by atoms with Gasteiger partial charge < -0.3 is 10.6 Å². The van der Waals surface area contributed by atoms with Crippen LogP contribution in [-0.4, -0.2) is 47.9 Å². The lowest BCUT2D eigenvalue weighted by Gasteiger charge is -2.29. The van der Waals surface area contributed by atoms with E-state index < -0.39 is 0 Å². The second-order valence-electron chi connectivity index (χ2n) is 4.64. The minimum absolute atomic E-state index is 0.144. The van der Waals surface area contributed by atoms with E-state index in [1.807, 2.05) is 20.8 Å². The molecule has 16 heavy (non-hydrogen) atoms. The zero-order valence-corrected chi connectivity index (χ0v) is 12.0. The summed E-state index contributed by atoms with van der Waals surface area (Å²) in [6.07, 6.45) is 0. The highest BCUT2D eigenvalue weighted by Crippen LogP contribution is 2.12. The molecule has 96 valence electrons. The highest BCUT2D eigenvalue weighted by molar-refractivity contribution is 8.00. The molecular formula is C12H26N2OS. The van der Waals surface area contributed by atoms with E-state index in [1.165, 1.54) is 0 Å². The lowest BCUT2D eigenvalue weighted by atomic mass is 10.1. The Morgan fingerprint density at radius 1 is 1.38 bits per heavy atom. The van der Waals surface area contributed by atoms with Gasteiger partial charge in [-0.1, -0.05) is 20.8 Å². The number of nitrogens with zero attached hydrogens (tertiary/aromatic N) is 1.